The van der Waals surface area contributed by atoms with Crippen LogP contribution in [0, 0.1) is 6.92 Å². The highest BCUT2D eigenvalue weighted by molar-refractivity contribution is 5.53. The predicted molar refractivity (Wildman–Crippen MR) is 72.1 cm³/mol. The minimum atomic E-state index is -2.44. The second-order valence-corrected chi connectivity index (χ2v) is 4.98. The number of aryl methyl sites for hydroxylation is 1. The molecule has 0 spiro atoms. The Hall–Kier alpha value is -1.36. The summed E-state index contributed by atoms with van der Waals surface area (Å²) in [7, 11) is 0. The van der Waals surface area contributed by atoms with Crippen molar-refractivity contribution < 1.29 is 13.5 Å². The first-order chi connectivity index (χ1) is 9.06. The van der Waals surface area contributed by atoms with Crippen molar-refractivity contribution in [2.24, 2.45) is 5.73 Å². The summed E-state index contributed by atoms with van der Waals surface area (Å²) in [5.74, 6) is 0.526. The van der Waals surface area contributed by atoms with Crippen LogP contribution in [0.4, 0.5) is 14.5 Å². The van der Waals surface area contributed by atoms with E-state index >= 15 is 0 Å². The van der Waals surface area contributed by atoms with Gasteiger partial charge in [0.25, 0.3) is 6.43 Å². The highest BCUT2D eigenvalue weighted by atomic mass is 19.3. The van der Waals surface area contributed by atoms with Gasteiger partial charge in [-0.1, -0.05) is 0 Å². The molecule has 1 saturated heterocycles. The summed E-state index contributed by atoms with van der Waals surface area (Å²) in [6.07, 6.45) is -0.464. The van der Waals surface area contributed by atoms with Gasteiger partial charge in [-0.05, 0) is 43.5 Å². The van der Waals surface area contributed by atoms with Gasteiger partial charge in [0.15, 0.2) is 0 Å². The third-order valence-corrected chi connectivity index (χ3v) is 3.43. The minimum Gasteiger partial charge on any atom is -0.487 e. The van der Waals surface area contributed by atoms with Crippen molar-refractivity contribution in [1.29, 1.82) is 0 Å². The molecule has 1 fully saturated rings. The Morgan fingerprint density at radius 2 is 2.05 bits per heavy atom. The molecule has 1 aliphatic heterocycles. The van der Waals surface area contributed by atoms with Crippen LogP contribution in [0.25, 0.3) is 0 Å². The quantitative estimate of drug-likeness (QED) is 0.914. The summed E-state index contributed by atoms with van der Waals surface area (Å²) < 4.78 is 29.3. The van der Waals surface area contributed by atoms with Gasteiger partial charge in [-0.2, -0.15) is 0 Å². The maximum absolute atomic E-state index is 12.1. The summed E-state index contributed by atoms with van der Waals surface area (Å²) in [6.45, 7) is 3.20. The number of hydrogen-bond acceptors (Lipinski definition) is 3. The van der Waals surface area contributed by atoms with Crippen molar-refractivity contribution in [2.45, 2.75) is 32.2 Å². The van der Waals surface area contributed by atoms with E-state index in [1.807, 2.05) is 19.1 Å². The molecule has 1 aromatic carbocycles. The molecule has 1 aliphatic rings. The van der Waals surface area contributed by atoms with E-state index in [4.69, 9.17) is 10.5 Å². The minimum absolute atomic E-state index is 0.297. The van der Waals surface area contributed by atoms with Gasteiger partial charge in [-0.3, -0.25) is 0 Å². The van der Waals surface area contributed by atoms with Crippen LogP contribution in [0.5, 0.6) is 5.75 Å². The van der Waals surface area contributed by atoms with Gasteiger partial charge in [-0.15, -0.1) is 0 Å². The standard InChI is InChI=1S/C14H20F2N2O/c1-10-8-12(18-6-4-11(17)5-7-18)2-3-13(10)19-9-14(15)16/h2-3,8,11,14H,4-7,9,17H2,1H3. The maximum Gasteiger partial charge on any atom is 0.272 e. The smallest absolute Gasteiger partial charge is 0.272 e. The largest absolute Gasteiger partial charge is 0.487 e. The fourth-order valence-electron chi connectivity index (χ4n) is 2.30. The van der Waals surface area contributed by atoms with Crippen molar-refractivity contribution in [2.75, 3.05) is 24.6 Å². The number of nitrogens with zero attached hydrogens (tertiary/aromatic N) is 1. The molecule has 5 heteroatoms. The van der Waals surface area contributed by atoms with Crippen LogP contribution >= 0.6 is 0 Å². The van der Waals surface area contributed by atoms with E-state index in [0.29, 0.717) is 11.8 Å². The van der Waals surface area contributed by atoms with Crippen LogP contribution in [0.1, 0.15) is 18.4 Å². The number of ether oxygens (including phenoxy) is 1. The summed E-state index contributed by atoms with van der Waals surface area (Å²) >= 11 is 0. The molecular formula is C14H20F2N2O. The van der Waals surface area contributed by atoms with E-state index in [0.717, 1.165) is 37.2 Å². The molecule has 19 heavy (non-hydrogen) atoms. The molecule has 1 heterocycles. The van der Waals surface area contributed by atoms with Crippen molar-refractivity contribution in [3.8, 4) is 5.75 Å². The summed E-state index contributed by atoms with van der Waals surface area (Å²) in [4.78, 5) is 2.27. The number of hydrogen-bond donors (Lipinski definition) is 1. The Morgan fingerprint density at radius 1 is 1.37 bits per heavy atom. The normalized spacial score (nSPS) is 17.0. The van der Waals surface area contributed by atoms with Crippen LogP contribution in [0.15, 0.2) is 18.2 Å². The molecule has 106 valence electrons. The second-order valence-electron chi connectivity index (χ2n) is 4.98. The van der Waals surface area contributed by atoms with Gasteiger partial charge in [0.2, 0.25) is 0 Å². The van der Waals surface area contributed by atoms with Gasteiger partial charge in [0.05, 0.1) is 0 Å². The van der Waals surface area contributed by atoms with E-state index in [-0.39, 0.29) is 0 Å². The molecule has 2 rings (SSSR count). The van der Waals surface area contributed by atoms with Gasteiger partial charge in [-0.25, -0.2) is 8.78 Å². The summed E-state index contributed by atoms with van der Waals surface area (Å²) in [6, 6.07) is 5.97. The Bertz CT molecular complexity index is 418. The number of halogens is 2. The third kappa shape index (κ3) is 3.80. The first kappa shape index (κ1) is 14.1. The van der Waals surface area contributed by atoms with Crippen LogP contribution in [-0.4, -0.2) is 32.2 Å². The van der Waals surface area contributed by atoms with Crippen molar-refractivity contribution in [3.63, 3.8) is 0 Å². The average molecular weight is 270 g/mol. The molecule has 0 aliphatic carbocycles. The van der Waals surface area contributed by atoms with Crippen LogP contribution in [0.3, 0.4) is 0 Å². The Kier molecular flexibility index (Phi) is 4.58. The Morgan fingerprint density at radius 3 is 2.63 bits per heavy atom. The number of nitrogens with two attached hydrogens (primary N) is 1. The molecule has 0 saturated carbocycles. The molecule has 2 N–H and O–H groups in total. The molecule has 0 atom stereocenters. The summed E-state index contributed by atoms with van der Waals surface area (Å²) in [5.41, 5.74) is 7.87. The number of rotatable bonds is 4. The lowest BCUT2D eigenvalue weighted by atomic mass is 10.0. The highest BCUT2D eigenvalue weighted by Gasteiger charge is 2.17. The van der Waals surface area contributed by atoms with E-state index in [1.165, 1.54) is 0 Å². The molecule has 0 aromatic heterocycles. The number of benzene rings is 1. The molecule has 1 aromatic rings. The molecule has 0 bridgehead atoms. The average Bonchev–Trinajstić information content (AvgIpc) is 2.38. The fraction of sp³-hybridized carbons (Fsp3) is 0.571. The third-order valence-electron chi connectivity index (χ3n) is 3.43. The maximum atomic E-state index is 12.1. The molecule has 0 radical (unpaired) electrons. The zero-order chi connectivity index (χ0) is 13.8. The summed E-state index contributed by atoms with van der Waals surface area (Å²) in [5, 5.41) is 0. The molecular weight excluding hydrogens is 250 g/mol. The SMILES string of the molecule is Cc1cc(N2CCC(N)CC2)ccc1OCC(F)F. The van der Waals surface area contributed by atoms with Gasteiger partial charge >= 0.3 is 0 Å². The van der Waals surface area contributed by atoms with Gasteiger partial charge < -0.3 is 15.4 Å². The first-order valence-corrected chi connectivity index (χ1v) is 6.58. The fourth-order valence-corrected chi connectivity index (χ4v) is 2.30. The van der Waals surface area contributed by atoms with E-state index < -0.39 is 13.0 Å². The predicted octanol–water partition coefficient (Wildman–Crippen LogP) is 2.57. The first-order valence-electron chi connectivity index (χ1n) is 6.58. The van der Waals surface area contributed by atoms with Crippen molar-refractivity contribution in [3.05, 3.63) is 23.8 Å². The molecule has 0 amide bonds. The Balaban J connectivity index is 2.02. The lowest BCUT2D eigenvalue weighted by Gasteiger charge is -2.32. The van der Waals surface area contributed by atoms with Crippen molar-refractivity contribution >= 4 is 5.69 Å². The second kappa shape index (κ2) is 6.19. The highest BCUT2D eigenvalue weighted by Crippen LogP contribution is 2.26. The van der Waals surface area contributed by atoms with E-state index in [9.17, 15) is 8.78 Å². The number of piperidine rings is 1. The molecule has 0 unspecified atom stereocenters. The van der Waals surface area contributed by atoms with Crippen LogP contribution in [0.2, 0.25) is 0 Å². The zero-order valence-electron chi connectivity index (χ0n) is 11.1. The van der Waals surface area contributed by atoms with E-state index in [1.54, 1.807) is 6.07 Å². The van der Waals surface area contributed by atoms with Crippen molar-refractivity contribution in [1.82, 2.24) is 0 Å². The van der Waals surface area contributed by atoms with E-state index in [2.05, 4.69) is 4.90 Å². The van der Waals surface area contributed by atoms with Gasteiger partial charge in [0, 0.05) is 24.8 Å². The topological polar surface area (TPSA) is 38.5 Å². The zero-order valence-corrected chi connectivity index (χ0v) is 11.1. The van der Waals surface area contributed by atoms with Crippen LogP contribution < -0.4 is 15.4 Å². The number of alkyl halides is 2. The Labute approximate surface area is 112 Å². The monoisotopic (exact) mass is 270 g/mol. The lowest BCUT2D eigenvalue weighted by Crippen LogP contribution is -2.39. The number of anilines is 1. The lowest BCUT2D eigenvalue weighted by molar-refractivity contribution is 0.0816. The molecule has 3 nitrogen and oxygen atoms in total. The van der Waals surface area contributed by atoms with Gasteiger partial charge in [0.1, 0.15) is 12.4 Å². The van der Waals surface area contributed by atoms with Crippen LogP contribution in [-0.2, 0) is 0 Å².